The van der Waals surface area contributed by atoms with E-state index in [2.05, 4.69) is 37.2 Å². The van der Waals surface area contributed by atoms with E-state index < -0.39 is 0 Å². The molecule has 0 saturated carbocycles. The van der Waals surface area contributed by atoms with Gasteiger partial charge in [-0.3, -0.25) is 10.1 Å². The third kappa shape index (κ3) is 3.22. The van der Waals surface area contributed by atoms with Crippen molar-refractivity contribution in [3.05, 3.63) is 41.7 Å². The number of aryl methyl sites for hydroxylation is 1. The summed E-state index contributed by atoms with van der Waals surface area (Å²) in [6.07, 6.45) is 5.05. The third-order valence-electron chi connectivity index (χ3n) is 3.96. The second-order valence-electron chi connectivity index (χ2n) is 5.53. The van der Waals surface area contributed by atoms with E-state index >= 15 is 0 Å². The van der Waals surface area contributed by atoms with E-state index in [0.29, 0.717) is 5.92 Å². The van der Waals surface area contributed by atoms with Crippen LogP contribution in [0, 0.1) is 6.92 Å². The van der Waals surface area contributed by atoms with Crippen molar-refractivity contribution < 1.29 is 0 Å². The van der Waals surface area contributed by atoms with Gasteiger partial charge in [0.15, 0.2) is 0 Å². The molecule has 1 saturated heterocycles. The lowest BCUT2D eigenvalue weighted by atomic mass is 9.97. The van der Waals surface area contributed by atoms with Gasteiger partial charge in [0.1, 0.15) is 12.2 Å². The van der Waals surface area contributed by atoms with Crippen LogP contribution in [0.25, 0.3) is 0 Å². The Morgan fingerprint density at radius 1 is 1.40 bits per heavy atom. The molecule has 5 nitrogen and oxygen atoms in total. The first-order valence-electron chi connectivity index (χ1n) is 7.31. The molecule has 1 aliphatic rings. The lowest BCUT2D eigenvalue weighted by Crippen LogP contribution is -2.36. The predicted octanol–water partition coefficient (Wildman–Crippen LogP) is 1.93. The lowest BCUT2D eigenvalue weighted by molar-refractivity contribution is 0.206. The van der Waals surface area contributed by atoms with Crippen LogP contribution in [0.5, 0.6) is 0 Å². The Bertz CT molecular complexity index is 537. The molecule has 1 N–H and O–H groups in total. The van der Waals surface area contributed by atoms with Gasteiger partial charge in [0, 0.05) is 36.8 Å². The van der Waals surface area contributed by atoms with Gasteiger partial charge in [-0.1, -0.05) is 6.07 Å². The summed E-state index contributed by atoms with van der Waals surface area (Å²) in [6.45, 7) is 5.36. The van der Waals surface area contributed by atoms with Crippen molar-refractivity contribution in [3.8, 4) is 0 Å². The van der Waals surface area contributed by atoms with E-state index in [9.17, 15) is 0 Å². The average molecular weight is 271 g/mol. The van der Waals surface area contributed by atoms with Gasteiger partial charge in [0.25, 0.3) is 0 Å². The zero-order valence-electron chi connectivity index (χ0n) is 11.9. The first kappa shape index (κ1) is 13.2. The van der Waals surface area contributed by atoms with Crippen LogP contribution < -0.4 is 0 Å². The van der Waals surface area contributed by atoms with Crippen LogP contribution in [0.1, 0.15) is 36.0 Å². The highest BCUT2D eigenvalue weighted by atomic mass is 15.2. The van der Waals surface area contributed by atoms with E-state index in [-0.39, 0.29) is 0 Å². The van der Waals surface area contributed by atoms with Gasteiger partial charge >= 0.3 is 0 Å². The number of hydrogen-bond donors (Lipinski definition) is 1. The molecule has 0 aromatic carbocycles. The molecule has 2 aromatic heterocycles. The Kier molecular flexibility index (Phi) is 4.06. The maximum Gasteiger partial charge on any atom is 0.137 e. The summed E-state index contributed by atoms with van der Waals surface area (Å²) >= 11 is 0. The highest BCUT2D eigenvalue weighted by Crippen LogP contribution is 2.23. The molecular weight excluding hydrogens is 250 g/mol. The molecule has 0 bridgehead atoms. The molecule has 1 fully saturated rings. The van der Waals surface area contributed by atoms with E-state index in [0.717, 1.165) is 31.0 Å². The van der Waals surface area contributed by atoms with Crippen molar-refractivity contribution in [1.29, 1.82) is 0 Å². The van der Waals surface area contributed by atoms with Gasteiger partial charge in [-0.05, 0) is 38.4 Å². The van der Waals surface area contributed by atoms with Crippen LogP contribution in [-0.2, 0) is 6.42 Å². The molecule has 0 aliphatic carbocycles. The summed E-state index contributed by atoms with van der Waals surface area (Å²) in [5.74, 6) is 1.53. The van der Waals surface area contributed by atoms with Crippen molar-refractivity contribution in [2.24, 2.45) is 0 Å². The summed E-state index contributed by atoms with van der Waals surface area (Å²) in [6, 6.07) is 6.25. The number of likely N-dealkylation sites (tertiary alicyclic amines) is 1. The Morgan fingerprint density at radius 3 is 3.15 bits per heavy atom. The first-order chi connectivity index (χ1) is 9.81. The summed E-state index contributed by atoms with van der Waals surface area (Å²) in [4.78, 5) is 11.4. The second-order valence-corrected chi connectivity index (χ2v) is 5.53. The normalized spacial score (nSPS) is 20.1. The smallest absolute Gasteiger partial charge is 0.137 e. The summed E-state index contributed by atoms with van der Waals surface area (Å²) in [5.41, 5.74) is 2.28. The number of nitrogens with zero attached hydrogens (tertiary/aromatic N) is 4. The molecule has 5 heteroatoms. The fraction of sp³-hybridized carbons (Fsp3) is 0.533. The van der Waals surface area contributed by atoms with E-state index in [1.165, 1.54) is 25.1 Å². The minimum Gasteiger partial charge on any atom is -0.302 e. The van der Waals surface area contributed by atoms with Crippen LogP contribution in [0.15, 0.2) is 24.5 Å². The summed E-state index contributed by atoms with van der Waals surface area (Å²) in [5, 5.41) is 6.97. The molecule has 3 heterocycles. The standard InChI is InChI=1S/C15H21N5/c1-12-4-2-6-14(18-12)7-9-20-8-3-5-13(10-20)15-16-11-17-19-15/h2,4,6,11,13H,3,5,7-10H2,1H3,(H,16,17,19)/t13-/m1/s1. The van der Waals surface area contributed by atoms with E-state index in [1.807, 2.05) is 13.0 Å². The topological polar surface area (TPSA) is 57.7 Å². The molecule has 0 unspecified atom stereocenters. The van der Waals surface area contributed by atoms with Gasteiger partial charge in [-0.15, -0.1) is 0 Å². The van der Waals surface area contributed by atoms with Crippen molar-refractivity contribution in [2.75, 3.05) is 19.6 Å². The lowest BCUT2D eigenvalue weighted by Gasteiger charge is -2.31. The van der Waals surface area contributed by atoms with Gasteiger partial charge in [0.2, 0.25) is 0 Å². The van der Waals surface area contributed by atoms with Crippen LogP contribution in [0.3, 0.4) is 0 Å². The monoisotopic (exact) mass is 271 g/mol. The number of aromatic nitrogens is 4. The first-order valence-corrected chi connectivity index (χ1v) is 7.31. The number of H-pyrrole nitrogens is 1. The molecule has 1 aliphatic heterocycles. The highest BCUT2D eigenvalue weighted by molar-refractivity contribution is 5.10. The molecule has 0 radical (unpaired) electrons. The second kappa shape index (κ2) is 6.13. The number of rotatable bonds is 4. The predicted molar refractivity (Wildman–Crippen MR) is 77.5 cm³/mol. The highest BCUT2D eigenvalue weighted by Gasteiger charge is 2.22. The SMILES string of the molecule is Cc1cccc(CCN2CCC[C@@H](c3ncn[nH]3)C2)n1. The number of piperidine rings is 1. The maximum atomic E-state index is 4.57. The van der Waals surface area contributed by atoms with Crippen molar-refractivity contribution >= 4 is 0 Å². The van der Waals surface area contributed by atoms with E-state index in [4.69, 9.17) is 0 Å². The fourth-order valence-corrected chi connectivity index (χ4v) is 2.90. The van der Waals surface area contributed by atoms with E-state index in [1.54, 1.807) is 6.33 Å². The van der Waals surface area contributed by atoms with Crippen LogP contribution in [0.4, 0.5) is 0 Å². The Labute approximate surface area is 119 Å². The fourth-order valence-electron chi connectivity index (χ4n) is 2.90. The molecule has 0 spiro atoms. The molecule has 20 heavy (non-hydrogen) atoms. The summed E-state index contributed by atoms with van der Waals surface area (Å²) < 4.78 is 0. The van der Waals surface area contributed by atoms with Crippen molar-refractivity contribution in [1.82, 2.24) is 25.1 Å². The minimum atomic E-state index is 0.497. The van der Waals surface area contributed by atoms with Crippen LogP contribution in [0.2, 0.25) is 0 Å². The molecule has 2 aromatic rings. The van der Waals surface area contributed by atoms with Crippen LogP contribution in [-0.4, -0.2) is 44.7 Å². The zero-order valence-corrected chi connectivity index (χ0v) is 11.9. The van der Waals surface area contributed by atoms with Gasteiger partial charge in [0.05, 0.1) is 0 Å². The van der Waals surface area contributed by atoms with Gasteiger partial charge < -0.3 is 4.90 Å². The molecule has 106 valence electrons. The zero-order chi connectivity index (χ0) is 13.8. The average Bonchev–Trinajstić information content (AvgIpc) is 3.00. The Hall–Kier alpha value is -1.75. The Balaban J connectivity index is 1.55. The minimum absolute atomic E-state index is 0.497. The Morgan fingerprint density at radius 2 is 2.35 bits per heavy atom. The van der Waals surface area contributed by atoms with Gasteiger partial charge in [-0.25, -0.2) is 4.98 Å². The van der Waals surface area contributed by atoms with Crippen LogP contribution >= 0.6 is 0 Å². The summed E-state index contributed by atoms with van der Waals surface area (Å²) in [7, 11) is 0. The number of hydrogen-bond acceptors (Lipinski definition) is 4. The quantitative estimate of drug-likeness (QED) is 0.923. The van der Waals surface area contributed by atoms with Crippen molar-refractivity contribution in [3.63, 3.8) is 0 Å². The van der Waals surface area contributed by atoms with Crippen molar-refractivity contribution in [2.45, 2.75) is 32.1 Å². The maximum absolute atomic E-state index is 4.57. The third-order valence-corrected chi connectivity index (χ3v) is 3.96. The molecule has 3 rings (SSSR count). The number of nitrogens with one attached hydrogen (secondary N) is 1. The number of pyridine rings is 1. The largest absolute Gasteiger partial charge is 0.302 e. The molecule has 0 amide bonds. The molecule has 1 atom stereocenters. The molecular formula is C15H21N5. The number of aromatic amines is 1. The van der Waals surface area contributed by atoms with Gasteiger partial charge in [-0.2, -0.15) is 5.10 Å².